The number of benzene rings is 1. The van der Waals surface area contributed by atoms with Crippen molar-refractivity contribution in [1.82, 2.24) is 20.1 Å². The molecule has 3 N–H and O–H groups in total. The molecular formula is C17H13N5O4. The fourth-order valence-corrected chi connectivity index (χ4v) is 2.44. The summed E-state index contributed by atoms with van der Waals surface area (Å²) in [5.74, 6) is 0.820. The van der Waals surface area contributed by atoms with Gasteiger partial charge in [0, 0.05) is 11.9 Å². The number of furan rings is 1. The monoisotopic (exact) mass is 351 g/mol. The second-order valence-electron chi connectivity index (χ2n) is 5.43. The average molecular weight is 351 g/mol. The highest BCUT2D eigenvalue weighted by Crippen LogP contribution is 2.21. The molecule has 0 saturated heterocycles. The summed E-state index contributed by atoms with van der Waals surface area (Å²) < 4.78 is 10.5. The zero-order valence-corrected chi connectivity index (χ0v) is 13.4. The summed E-state index contributed by atoms with van der Waals surface area (Å²) in [6.07, 6.45) is 3.17. The van der Waals surface area contributed by atoms with E-state index >= 15 is 0 Å². The number of aromatic nitrogens is 4. The highest BCUT2D eigenvalue weighted by atomic mass is 16.5. The van der Waals surface area contributed by atoms with Crippen LogP contribution in [0.2, 0.25) is 0 Å². The number of carbonyl (C=O) groups is 1. The van der Waals surface area contributed by atoms with E-state index in [0.717, 1.165) is 5.56 Å². The van der Waals surface area contributed by atoms with Gasteiger partial charge in [0.15, 0.2) is 5.76 Å². The second-order valence-corrected chi connectivity index (χ2v) is 5.43. The van der Waals surface area contributed by atoms with Crippen LogP contribution in [-0.4, -0.2) is 26.0 Å². The zero-order chi connectivity index (χ0) is 17.9. The lowest BCUT2D eigenvalue weighted by Crippen LogP contribution is -2.15. The van der Waals surface area contributed by atoms with Crippen LogP contribution in [0.25, 0.3) is 11.6 Å². The molecule has 0 aliphatic carbocycles. The topological polar surface area (TPSA) is 130 Å². The summed E-state index contributed by atoms with van der Waals surface area (Å²) in [6.45, 7) is 0. The number of imidazole rings is 1. The minimum atomic E-state index is -0.445. The SMILES string of the molecule is O=C(Nc1ccccc1Cc1nc(-c2ccco2)no1)c1c[nH]c(=O)[nH]1. The maximum atomic E-state index is 12.2. The molecule has 0 aliphatic heterocycles. The third kappa shape index (κ3) is 3.18. The minimum Gasteiger partial charge on any atom is -0.461 e. The molecule has 1 amide bonds. The number of para-hydroxylation sites is 1. The smallest absolute Gasteiger partial charge is 0.323 e. The van der Waals surface area contributed by atoms with Gasteiger partial charge in [-0.1, -0.05) is 23.4 Å². The molecule has 0 saturated carbocycles. The molecule has 3 aromatic heterocycles. The van der Waals surface area contributed by atoms with Crippen molar-refractivity contribution >= 4 is 11.6 Å². The van der Waals surface area contributed by atoms with Crippen LogP contribution in [0.5, 0.6) is 0 Å². The number of carbonyl (C=O) groups excluding carboxylic acids is 1. The maximum absolute atomic E-state index is 12.2. The van der Waals surface area contributed by atoms with Crippen LogP contribution in [0.4, 0.5) is 5.69 Å². The number of anilines is 1. The third-order valence-corrected chi connectivity index (χ3v) is 3.66. The molecular weight excluding hydrogens is 338 g/mol. The lowest BCUT2D eigenvalue weighted by molar-refractivity contribution is 0.102. The van der Waals surface area contributed by atoms with Gasteiger partial charge in [-0.3, -0.25) is 4.79 Å². The molecule has 0 unspecified atom stereocenters. The van der Waals surface area contributed by atoms with Crippen molar-refractivity contribution in [2.75, 3.05) is 5.32 Å². The number of nitrogens with one attached hydrogen (secondary N) is 3. The van der Waals surface area contributed by atoms with Crippen LogP contribution in [0.1, 0.15) is 21.9 Å². The largest absolute Gasteiger partial charge is 0.461 e. The maximum Gasteiger partial charge on any atom is 0.323 e. The molecule has 0 radical (unpaired) electrons. The molecule has 4 aromatic rings. The summed E-state index contributed by atoms with van der Waals surface area (Å²) in [5.41, 5.74) is 1.06. The molecule has 0 spiro atoms. The summed E-state index contributed by atoms with van der Waals surface area (Å²) in [5, 5.41) is 6.64. The molecule has 130 valence electrons. The van der Waals surface area contributed by atoms with E-state index in [1.54, 1.807) is 24.3 Å². The van der Waals surface area contributed by atoms with Crippen LogP contribution >= 0.6 is 0 Å². The Bertz CT molecular complexity index is 1090. The number of rotatable bonds is 5. The number of aromatic amines is 2. The summed E-state index contributed by atoms with van der Waals surface area (Å²) in [7, 11) is 0. The Hall–Kier alpha value is -3.88. The first-order valence-electron chi connectivity index (χ1n) is 7.72. The first-order valence-corrected chi connectivity index (χ1v) is 7.72. The van der Waals surface area contributed by atoms with Gasteiger partial charge in [0.25, 0.3) is 5.91 Å². The minimum absolute atomic E-state index is 0.141. The average Bonchev–Trinajstić information content (AvgIpc) is 3.37. The van der Waals surface area contributed by atoms with Gasteiger partial charge in [-0.05, 0) is 23.8 Å². The van der Waals surface area contributed by atoms with Gasteiger partial charge in [0.05, 0.1) is 12.7 Å². The Morgan fingerprint density at radius 1 is 1.19 bits per heavy atom. The van der Waals surface area contributed by atoms with E-state index in [1.165, 1.54) is 12.5 Å². The highest BCUT2D eigenvalue weighted by molar-refractivity contribution is 6.03. The van der Waals surface area contributed by atoms with Crippen LogP contribution in [0.15, 0.2) is 62.6 Å². The zero-order valence-electron chi connectivity index (χ0n) is 13.4. The lowest BCUT2D eigenvalue weighted by Gasteiger charge is -2.08. The third-order valence-electron chi connectivity index (χ3n) is 3.66. The molecule has 0 bridgehead atoms. The Labute approximate surface area is 146 Å². The molecule has 3 heterocycles. The van der Waals surface area contributed by atoms with Crippen LogP contribution in [-0.2, 0) is 6.42 Å². The number of H-pyrrole nitrogens is 2. The van der Waals surface area contributed by atoms with Crippen LogP contribution < -0.4 is 11.0 Å². The number of hydrogen-bond acceptors (Lipinski definition) is 6. The van der Waals surface area contributed by atoms with Crippen molar-refractivity contribution in [3.63, 3.8) is 0 Å². The van der Waals surface area contributed by atoms with Crippen LogP contribution in [0, 0.1) is 0 Å². The van der Waals surface area contributed by atoms with Crippen molar-refractivity contribution in [2.45, 2.75) is 6.42 Å². The summed E-state index contributed by atoms with van der Waals surface area (Å²) >= 11 is 0. The Morgan fingerprint density at radius 2 is 2.08 bits per heavy atom. The molecule has 1 aromatic carbocycles. The molecule has 0 aliphatic rings. The van der Waals surface area contributed by atoms with Gasteiger partial charge in [-0.2, -0.15) is 4.98 Å². The standard InChI is InChI=1S/C17H13N5O4/c23-16(12-9-18-17(24)20-12)19-11-5-2-1-4-10(11)8-14-21-15(22-26-14)13-6-3-7-25-13/h1-7,9H,8H2,(H,19,23)(H2,18,20,24). The molecule has 9 heteroatoms. The van der Waals surface area contributed by atoms with Gasteiger partial charge in [-0.25, -0.2) is 4.79 Å². The van der Waals surface area contributed by atoms with Crippen LogP contribution in [0.3, 0.4) is 0 Å². The second kappa shape index (κ2) is 6.55. The van der Waals surface area contributed by atoms with Gasteiger partial charge in [0.2, 0.25) is 11.7 Å². The molecule has 4 rings (SSSR count). The highest BCUT2D eigenvalue weighted by Gasteiger charge is 2.15. The van der Waals surface area contributed by atoms with Crippen molar-refractivity contribution in [3.8, 4) is 11.6 Å². The van der Waals surface area contributed by atoms with E-state index in [4.69, 9.17) is 8.94 Å². The lowest BCUT2D eigenvalue weighted by atomic mass is 10.1. The predicted octanol–water partition coefficient (Wildman–Crippen LogP) is 2.19. The van der Waals surface area contributed by atoms with Gasteiger partial charge in [-0.15, -0.1) is 0 Å². The normalized spacial score (nSPS) is 10.8. The predicted molar refractivity (Wildman–Crippen MR) is 90.6 cm³/mol. The number of amides is 1. The quantitative estimate of drug-likeness (QED) is 0.505. The fraction of sp³-hybridized carbons (Fsp3) is 0.0588. The fourth-order valence-electron chi connectivity index (χ4n) is 2.44. The first kappa shape index (κ1) is 15.6. The summed E-state index contributed by atoms with van der Waals surface area (Å²) in [4.78, 5) is 32.4. The van der Waals surface area contributed by atoms with E-state index in [-0.39, 0.29) is 5.69 Å². The van der Waals surface area contributed by atoms with Crippen molar-refractivity contribution in [3.05, 3.63) is 76.5 Å². The molecule has 0 fully saturated rings. The van der Waals surface area contributed by atoms with Gasteiger partial charge in [0.1, 0.15) is 5.69 Å². The van der Waals surface area contributed by atoms with Crippen molar-refractivity contribution < 1.29 is 13.7 Å². The number of hydrogen-bond donors (Lipinski definition) is 3. The van der Waals surface area contributed by atoms with Gasteiger partial charge < -0.3 is 24.2 Å². The van der Waals surface area contributed by atoms with E-state index in [9.17, 15) is 9.59 Å². The molecule has 0 atom stereocenters. The van der Waals surface area contributed by atoms with E-state index in [1.807, 2.05) is 12.1 Å². The molecule has 26 heavy (non-hydrogen) atoms. The van der Waals surface area contributed by atoms with Crippen molar-refractivity contribution in [2.24, 2.45) is 0 Å². The Morgan fingerprint density at radius 3 is 2.85 bits per heavy atom. The first-order chi connectivity index (χ1) is 12.7. The Kier molecular flexibility index (Phi) is 3.94. The number of nitrogens with zero attached hydrogens (tertiary/aromatic N) is 2. The van der Waals surface area contributed by atoms with E-state index in [2.05, 4.69) is 25.4 Å². The Balaban J connectivity index is 1.54. The van der Waals surface area contributed by atoms with E-state index in [0.29, 0.717) is 29.6 Å². The summed E-state index contributed by atoms with van der Waals surface area (Å²) in [6, 6.07) is 10.7. The van der Waals surface area contributed by atoms with Crippen molar-refractivity contribution in [1.29, 1.82) is 0 Å². The van der Waals surface area contributed by atoms with Gasteiger partial charge >= 0.3 is 5.69 Å². The van der Waals surface area contributed by atoms with E-state index < -0.39 is 11.6 Å². The molecule has 9 nitrogen and oxygen atoms in total.